The summed E-state index contributed by atoms with van der Waals surface area (Å²) in [5.74, 6) is 0. The number of nitrogens with zero attached hydrogens (tertiary/aromatic N) is 1. The predicted molar refractivity (Wildman–Crippen MR) is 68.2 cm³/mol. The fourth-order valence-corrected chi connectivity index (χ4v) is 3.83. The first-order valence-corrected chi connectivity index (χ1v) is 5.55. The number of likely N-dealkylation sites (tertiary alicyclic amines) is 1. The van der Waals surface area contributed by atoms with Gasteiger partial charge in [-0.2, -0.15) is 0 Å². The van der Waals surface area contributed by atoms with E-state index in [1.54, 1.807) is 0 Å². The molecule has 0 N–H and O–H groups in total. The summed E-state index contributed by atoms with van der Waals surface area (Å²) in [6.45, 7) is 9.29. The standard InChI is InChI=1S/C10H20BrN.BrH/c1-9(2)6-8(11)7-10(3,4)12(9)5;/h8H,6-7H2,1-5H3;1H. The van der Waals surface area contributed by atoms with Gasteiger partial charge in [0, 0.05) is 15.9 Å². The third-order valence-electron chi connectivity index (χ3n) is 3.26. The molecule has 1 fully saturated rings. The lowest BCUT2D eigenvalue weighted by Gasteiger charge is -2.52. The Kier molecular flexibility index (Phi) is 4.49. The molecule has 3 heteroatoms. The zero-order chi connectivity index (χ0) is 9.57. The molecule has 0 aromatic heterocycles. The molecular formula is C10H21Br2N. The van der Waals surface area contributed by atoms with Crippen molar-refractivity contribution in [3.05, 3.63) is 0 Å². The molecule has 0 saturated carbocycles. The molecule has 1 nitrogen and oxygen atoms in total. The molecule has 1 heterocycles. The molecule has 1 aliphatic rings. The number of rotatable bonds is 0. The summed E-state index contributed by atoms with van der Waals surface area (Å²) in [6.07, 6.45) is 2.49. The summed E-state index contributed by atoms with van der Waals surface area (Å²) in [5, 5.41) is 0. The van der Waals surface area contributed by atoms with E-state index in [2.05, 4.69) is 55.6 Å². The molecule has 0 aromatic carbocycles. The lowest BCUT2D eigenvalue weighted by Crippen LogP contribution is -2.58. The maximum Gasteiger partial charge on any atom is 0.0180 e. The van der Waals surface area contributed by atoms with Crippen LogP contribution in [0.2, 0.25) is 0 Å². The molecule has 0 spiro atoms. The van der Waals surface area contributed by atoms with E-state index in [4.69, 9.17) is 0 Å². The van der Waals surface area contributed by atoms with Crippen LogP contribution in [0.3, 0.4) is 0 Å². The minimum Gasteiger partial charge on any atom is -0.296 e. The van der Waals surface area contributed by atoms with E-state index < -0.39 is 0 Å². The predicted octanol–water partition coefficient (Wildman–Crippen LogP) is 3.61. The molecule has 0 atom stereocenters. The topological polar surface area (TPSA) is 3.24 Å². The largest absolute Gasteiger partial charge is 0.296 e. The smallest absolute Gasteiger partial charge is 0.0180 e. The molecule has 0 aromatic rings. The van der Waals surface area contributed by atoms with Crippen molar-refractivity contribution in [1.82, 2.24) is 4.90 Å². The number of alkyl halides is 1. The summed E-state index contributed by atoms with van der Waals surface area (Å²) in [5.41, 5.74) is 0.659. The first-order chi connectivity index (χ1) is 5.26. The summed E-state index contributed by atoms with van der Waals surface area (Å²) in [6, 6.07) is 0. The second-order valence-electron chi connectivity index (χ2n) is 5.19. The first-order valence-electron chi connectivity index (χ1n) is 4.64. The van der Waals surface area contributed by atoms with Gasteiger partial charge < -0.3 is 0 Å². The van der Waals surface area contributed by atoms with Crippen LogP contribution in [0, 0.1) is 0 Å². The summed E-state index contributed by atoms with van der Waals surface area (Å²) >= 11 is 3.74. The fraction of sp³-hybridized carbons (Fsp3) is 1.00. The second-order valence-corrected chi connectivity index (χ2v) is 6.48. The third-order valence-corrected chi connectivity index (χ3v) is 3.91. The summed E-state index contributed by atoms with van der Waals surface area (Å²) < 4.78 is 0. The SMILES string of the molecule is Br.CN1C(C)(C)CC(Br)CC1(C)C. The highest BCUT2D eigenvalue weighted by atomic mass is 79.9. The summed E-state index contributed by atoms with van der Waals surface area (Å²) in [7, 11) is 2.24. The van der Waals surface area contributed by atoms with Gasteiger partial charge in [0.25, 0.3) is 0 Å². The van der Waals surface area contributed by atoms with Gasteiger partial charge in [0.15, 0.2) is 0 Å². The number of piperidine rings is 1. The van der Waals surface area contributed by atoms with Crippen LogP contribution in [0.4, 0.5) is 0 Å². The monoisotopic (exact) mass is 313 g/mol. The lowest BCUT2D eigenvalue weighted by atomic mass is 9.80. The van der Waals surface area contributed by atoms with Crippen molar-refractivity contribution in [2.45, 2.75) is 56.4 Å². The highest BCUT2D eigenvalue weighted by molar-refractivity contribution is 9.09. The molecule has 80 valence electrons. The van der Waals surface area contributed by atoms with Crippen molar-refractivity contribution in [2.24, 2.45) is 0 Å². The van der Waals surface area contributed by atoms with Crippen LogP contribution < -0.4 is 0 Å². The van der Waals surface area contributed by atoms with E-state index in [0.717, 1.165) is 0 Å². The Morgan fingerprint density at radius 2 is 1.38 bits per heavy atom. The van der Waals surface area contributed by atoms with Crippen LogP contribution in [0.15, 0.2) is 0 Å². The highest BCUT2D eigenvalue weighted by Crippen LogP contribution is 2.39. The molecule has 1 saturated heterocycles. The van der Waals surface area contributed by atoms with Gasteiger partial charge >= 0.3 is 0 Å². The Morgan fingerprint density at radius 1 is 1.08 bits per heavy atom. The van der Waals surface area contributed by atoms with Gasteiger partial charge in [-0.15, -0.1) is 17.0 Å². The van der Waals surface area contributed by atoms with E-state index in [9.17, 15) is 0 Å². The lowest BCUT2D eigenvalue weighted by molar-refractivity contribution is 0.00230. The second kappa shape index (κ2) is 4.19. The highest BCUT2D eigenvalue weighted by Gasteiger charge is 2.41. The Labute approximate surface area is 101 Å². The first kappa shape index (κ1) is 13.9. The molecular weight excluding hydrogens is 294 g/mol. The van der Waals surface area contributed by atoms with Crippen molar-refractivity contribution in [3.8, 4) is 0 Å². The van der Waals surface area contributed by atoms with Crippen LogP contribution in [0.25, 0.3) is 0 Å². The zero-order valence-corrected chi connectivity index (χ0v) is 12.5. The molecule has 0 amide bonds. The third kappa shape index (κ3) is 2.93. The molecule has 1 rings (SSSR count). The average Bonchev–Trinajstić information content (AvgIpc) is 1.80. The normalized spacial score (nSPS) is 28.2. The number of halogens is 2. The van der Waals surface area contributed by atoms with E-state index in [0.29, 0.717) is 15.9 Å². The van der Waals surface area contributed by atoms with Gasteiger partial charge in [-0.1, -0.05) is 15.9 Å². The van der Waals surface area contributed by atoms with Crippen molar-refractivity contribution in [2.75, 3.05) is 7.05 Å². The molecule has 0 radical (unpaired) electrons. The minimum atomic E-state index is 0. The van der Waals surface area contributed by atoms with Gasteiger partial charge in [0.05, 0.1) is 0 Å². The quantitative estimate of drug-likeness (QED) is 0.617. The van der Waals surface area contributed by atoms with Gasteiger partial charge in [0.1, 0.15) is 0 Å². The van der Waals surface area contributed by atoms with Crippen LogP contribution in [-0.4, -0.2) is 27.9 Å². The molecule has 13 heavy (non-hydrogen) atoms. The fourth-order valence-electron chi connectivity index (χ4n) is 2.25. The van der Waals surface area contributed by atoms with Gasteiger partial charge in [0.2, 0.25) is 0 Å². The Morgan fingerprint density at radius 3 is 1.69 bits per heavy atom. The Hall–Kier alpha value is 0.920. The molecule has 1 aliphatic heterocycles. The summed E-state index contributed by atoms with van der Waals surface area (Å²) in [4.78, 5) is 3.18. The maximum atomic E-state index is 3.74. The molecule has 0 aliphatic carbocycles. The van der Waals surface area contributed by atoms with Crippen LogP contribution >= 0.6 is 32.9 Å². The minimum absolute atomic E-state index is 0. The molecule has 0 unspecified atom stereocenters. The van der Waals surface area contributed by atoms with Gasteiger partial charge in [-0.25, -0.2) is 0 Å². The Bertz CT molecular complexity index is 160. The number of hydrogen-bond donors (Lipinski definition) is 0. The van der Waals surface area contributed by atoms with Gasteiger partial charge in [-0.05, 0) is 47.6 Å². The van der Waals surface area contributed by atoms with Crippen LogP contribution in [-0.2, 0) is 0 Å². The maximum absolute atomic E-state index is 3.74. The van der Waals surface area contributed by atoms with E-state index in [-0.39, 0.29) is 17.0 Å². The number of hydrogen-bond acceptors (Lipinski definition) is 1. The van der Waals surface area contributed by atoms with Crippen LogP contribution in [0.5, 0.6) is 0 Å². The molecule has 0 bridgehead atoms. The van der Waals surface area contributed by atoms with Crippen LogP contribution in [0.1, 0.15) is 40.5 Å². The van der Waals surface area contributed by atoms with Crippen molar-refractivity contribution >= 4 is 32.9 Å². The zero-order valence-electron chi connectivity index (χ0n) is 9.22. The van der Waals surface area contributed by atoms with E-state index >= 15 is 0 Å². The van der Waals surface area contributed by atoms with Gasteiger partial charge in [-0.3, -0.25) is 4.90 Å². The van der Waals surface area contributed by atoms with E-state index in [1.165, 1.54) is 12.8 Å². The Balaban J connectivity index is 0.00000144. The average molecular weight is 315 g/mol. The van der Waals surface area contributed by atoms with E-state index in [1.807, 2.05) is 0 Å². The van der Waals surface area contributed by atoms with Crippen molar-refractivity contribution in [1.29, 1.82) is 0 Å². The van der Waals surface area contributed by atoms with Crippen molar-refractivity contribution in [3.63, 3.8) is 0 Å². The van der Waals surface area contributed by atoms with Crippen molar-refractivity contribution < 1.29 is 0 Å².